The summed E-state index contributed by atoms with van der Waals surface area (Å²) in [5, 5.41) is 30.3. The molecule has 1 saturated heterocycles. The van der Waals surface area contributed by atoms with E-state index in [1.54, 1.807) is 13.8 Å². The number of nitrogens with one attached hydrogen (secondary N) is 1. The van der Waals surface area contributed by atoms with Gasteiger partial charge in [0.15, 0.2) is 11.9 Å². The third-order valence-electron chi connectivity index (χ3n) is 3.77. The van der Waals surface area contributed by atoms with Crippen LogP contribution in [0, 0.1) is 0 Å². The van der Waals surface area contributed by atoms with Gasteiger partial charge >= 0.3 is 5.69 Å². The molecule has 3 rings (SSSR count). The smallest absolute Gasteiger partial charge is 0.348 e. The van der Waals surface area contributed by atoms with E-state index in [0.29, 0.717) is 5.57 Å². The Balaban J connectivity index is 2.06. The first kappa shape index (κ1) is 15.5. The summed E-state index contributed by atoms with van der Waals surface area (Å²) in [4.78, 5) is 21.6. The van der Waals surface area contributed by atoms with Crippen molar-refractivity contribution in [2.75, 3.05) is 5.73 Å². The molecule has 0 spiro atoms. The van der Waals surface area contributed by atoms with Gasteiger partial charge in [0.05, 0.1) is 6.33 Å². The zero-order chi connectivity index (χ0) is 16.9. The summed E-state index contributed by atoms with van der Waals surface area (Å²) in [6.45, 7) is 3.30. The number of fused-ring (bicyclic) bond motifs is 1. The molecule has 0 bridgehead atoms. The Hall–Kier alpha value is -2.43. The Labute approximate surface area is 129 Å². The number of nitrogen functional groups attached to an aromatic ring is 1. The summed E-state index contributed by atoms with van der Waals surface area (Å²) in [5.41, 5.74) is 5.91. The van der Waals surface area contributed by atoms with Crippen molar-refractivity contribution in [2.24, 2.45) is 0 Å². The molecule has 0 aliphatic carbocycles. The molecule has 3 heterocycles. The van der Waals surface area contributed by atoms with E-state index in [-0.39, 0.29) is 22.7 Å². The van der Waals surface area contributed by atoms with E-state index in [9.17, 15) is 20.1 Å². The molecule has 10 nitrogen and oxygen atoms in total. The number of aliphatic hydroxyl groups excluding tert-OH is 3. The molecule has 0 saturated carbocycles. The number of imidazole rings is 1. The largest absolute Gasteiger partial charge is 0.510 e. The molecule has 2 aromatic rings. The first-order chi connectivity index (χ1) is 10.8. The normalized spacial score (nSPS) is 27.5. The van der Waals surface area contributed by atoms with E-state index >= 15 is 0 Å². The van der Waals surface area contributed by atoms with Gasteiger partial charge in [-0.3, -0.25) is 9.55 Å². The van der Waals surface area contributed by atoms with Crippen LogP contribution in [0.2, 0.25) is 0 Å². The molecule has 0 unspecified atom stereocenters. The highest BCUT2D eigenvalue weighted by atomic mass is 16.6. The Morgan fingerprint density at radius 2 is 2.09 bits per heavy atom. The fraction of sp³-hybridized carbons (Fsp3) is 0.462. The van der Waals surface area contributed by atoms with Crippen LogP contribution in [0.5, 0.6) is 0 Å². The molecule has 0 aromatic carbocycles. The molecule has 4 atom stereocenters. The lowest BCUT2D eigenvalue weighted by atomic mass is 10.1. The van der Waals surface area contributed by atoms with Crippen molar-refractivity contribution in [3.05, 3.63) is 28.1 Å². The summed E-state index contributed by atoms with van der Waals surface area (Å²) in [6.07, 6.45) is -3.55. The number of hydrogen-bond donors (Lipinski definition) is 5. The minimum absolute atomic E-state index is 0.0375. The molecule has 1 aliphatic heterocycles. The minimum Gasteiger partial charge on any atom is -0.510 e. The number of aliphatic hydroxyl groups is 3. The lowest BCUT2D eigenvalue weighted by molar-refractivity contribution is -0.0345. The summed E-state index contributed by atoms with van der Waals surface area (Å²) in [7, 11) is 0. The molecule has 1 aliphatic rings. The third kappa shape index (κ3) is 2.36. The van der Waals surface area contributed by atoms with Gasteiger partial charge in [-0.15, -0.1) is 0 Å². The monoisotopic (exact) mass is 323 g/mol. The predicted molar refractivity (Wildman–Crippen MR) is 79.5 cm³/mol. The average molecular weight is 323 g/mol. The van der Waals surface area contributed by atoms with Crippen molar-refractivity contribution in [2.45, 2.75) is 38.4 Å². The SMILES string of the molecule is CC(C)=C(O)[C@H]1O[C@@H](n2cnc3c(N)[nH]c(=O)nc32)[C@H](O)[C@@H]1O. The number of rotatable bonds is 2. The van der Waals surface area contributed by atoms with Gasteiger partial charge in [0.25, 0.3) is 0 Å². The van der Waals surface area contributed by atoms with Gasteiger partial charge in [-0.2, -0.15) is 4.98 Å². The number of ether oxygens (including phenoxy) is 1. The lowest BCUT2D eigenvalue weighted by Crippen LogP contribution is -2.32. The van der Waals surface area contributed by atoms with Crippen molar-refractivity contribution in [1.82, 2.24) is 19.5 Å². The molecule has 0 amide bonds. The van der Waals surface area contributed by atoms with Crippen LogP contribution in [-0.2, 0) is 4.74 Å². The van der Waals surface area contributed by atoms with Crippen molar-refractivity contribution in [1.29, 1.82) is 0 Å². The van der Waals surface area contributed by atoms with Crippen molar-refractivity contribution >= 4 is 17.0 Å². The molecular formula is C13H17N5O5. The number of allylic oxidation sites excluding steroid dienone is 1. The summed E-state index contributed by atoms with van der Waals surface area (Å²) < 4.78 is 6.86. The zero-order valence-corrected chi connectivity index (χ0v) is 12.5. The molecule has 23 heavy (non-hydrogen) atoms. The van der Waals surface area contributed by atoms with Crippen molar-refractivity contribution < 1.29 is 20.1 Å². The van der Waals surface area contributed by atoms with E-state index in [1.165, 1.54) is 10.9 Å². The van der Waals surface area contributed by atoms with Gasteiger partial charge < -0.3 is 25.8 Å². The molecular weight excluding hydrogens is 306 g/mol. The number of anilines is 1. The average Bonchev–Trinajstić information content (AvgIpc) is 3.01. The first-order valence-corrected chi connectivity index (χ1v) is 6.91. The van der Waals surface area contributed by atoms with Crippen LogP contribution in [-0.4, -0.2) is 53.2 Å². The second kappa shape index (κ2) is 5.33. The highest BCUT2D eigenvalue weighted by molar-refractivity contribution is 5.81. The number of H-pyrrole nitrogens is 1. The van der Waals surface area contributed by atoms with Gasteiger partial charge in [-0.1, -0.05) is 0 Å². The number of aromatic nitrogens is 4. The van der Waals surface area contributed by atoms with Crippen LogP contribution >= 0.6 is 0 Å². The van der Waals surface area contributed by atoms with Gasteiger partial charge in [-0.25, -0.2) is 9.78 Å². The Kier molecular flexibility index (Phi) is 3.59. The maximum absolute atomic E-state index is 11.5. The summed E-state index contributed by atoms with van der Waals surface area (Å²) in [5.74, 6) is -0.121. The summed E-state index contributed by atoms with van der Waals surface area (Å²) in [6, 6.07) is 0. The van der Waals surface area contributed by atoms with Gasteiger partial charge in [-0.05, 0) is 19.4 Å². The van der Waals surface area contributed by atoms with Gasteiger partial charge in [0.1, 0.15) is 35.4 Å². The van der Waals surface area contributed by atoms with Crippen LogP contribution in [0.25, 0.3) is 11.2 Å². The number of hydrogen-bond acceptors (Lipinski definition) is 8. The number of nitrogens with two attached hydrogens (primary N) is 1. The maximum atomic E-state index is 11.5. The standard InChI is InChI=1S/C13H17N5O5/c1-4(2)6(19)9-7(20)8(21)12(23-9)18-3-15-5-10(14)16-13(22)17-11(5)18/h3,7-9,12,19-21H,1-2H3,(H3,14,16,17,22)/t7-,8+,9+,12+/m0/s1. The van der Waals surface area contributed by atoms with Crippen molar-refractivity contribution in [3.8, 4) is 0 Å². The van der Waals surface area contributed by atoms with Crippen molar-refractivity contribution in [3.63, 3.8) is 0 Å². The Morgan fingerprint density at radius 3 is 2.74 bits per heavy atom. The second-order valence-corrected chi connectivity index (χ2v) is 5.59. The topological polar surface area (TPSA) is 160 Å². The van der Waals surface area contributed by atoms with Crippen LogP contribution in [0.1, 0.15) is 20.1 Å². The van der Waals surface area contributed by atoms with E-state index < -0.39 is 30.2 Å². The fourth-order valence-electron chi connectivity index (χ4n) is 2.54. The molecule has 0 radical (unpaired) electrons. The lowest BCUT2D eigenvalue weighted by Gasteiger charge is -2.16. The highest BCUT2D eigenvalue weighted by Gasteiger charge is 2.46. The first-order valence-electron chi connectivity index (χ1n) is 6.91. The van der Waals surface area contributed by atoms with Gasteiger partial charge in [0.2, 0.25) is 0 Å². The Bertz CT molecular complexity index is 837. The second-order valence-electron chi connectivity index (χ2n) is 5.59. The van der Waals surface area contributed by atoms with Gasteiger partial charge in [0, 0.05) is 0 Å². The quantitative estimate of drug-likeness (QED) is 0.448. The zero-order valence-electron chi connectivity index (χ0n) is 12.5. The minimum atomic E-state index is -1.35. The third-order valence-corrected chi connectivity index (χ3v) is 3.77. The van der Waals surface area contributed by atoms with E-state index in [2.05, 4.69) is 15.0 Å². The Morgan fingerprint density at radius 1 is 1.39 bits per heavy atom. The van der Waals surface area contributed by atoms with Crippen LogP contribution in [0.4, 0.5) is 5.82 Å². The van der Waals surface area contributed by atoms with E-state index in [1.807, 2.05) is 0 Å². The van der Waals surface area contributed by atoms with E-state index in [4.69, 9.17) is 10.5 Å². The van der Waals surface area contributed by atoms with E-state index in [0.717, 1.165) is 0 Å². The molecule has 10 heteroatoms. The molecule has 6 N–H and O–H groups in total. The molecule has 2 aromatic heterocycles. The van der Waals surface area contributed by atoms with Crippen LogP contribution in [0.3, 0.4) is 0 Å². The predicted octanol–water partition coefficient (Wildman–Crippen LogP) is -0.827. The molecule has 124 valence electrons. The number of aromatic amines is 1. The fourth-order valence-corrected chi connectivity index (χ4v) is 2.54. The summed E-state index contributed by atoms with van der Waals surface area (Å²) >= 11 is 0. The maximum Gasteiger partial charge on any atom is 0.348 e. The highest BCUT2D eigenvalue weighted by Crippen LogP contribution is 2.34. The van der Waals surface area contributed by atoms with Crippen LogP contribution in [0.15, 0.2) is 22.5 Å². The molecule has 1 fully saturated rings. The van der Waals surface area contributed by atoms with Crippen LogP contribution < -0.4 is 11.4 Å². The number of nitrogens with zero attached hydrogens (tertiary/aromatic N) is 3.